The Morgan fingerprint density at radius 2 is 1.92 bits per heavy atom. The van der Waals surface area contributed by atoms with Crippen molar-refractivity contribution in [2.24, 2.45) is 0 Å². The van der Waals surface area contributed by atoms with Crippen LogP contribution in [0.3, 0.4) is 0 Å². The van der Waals surface area contributed by atoms with Gasteiger partial charge in [-0.1, -0.05) is 0 Å². The first-order valence-corrected chi connectivity index (χ1v) is 7.41. The van der Waals surface area contributed by atoms with Crippen LogP contribution in [0.2, 0.25) is 0 Å². The highest BCUT2D eigenvalue weighted by molar-refractivity contribution is 5.94. The molecule has 0 bridgehead atoms. The lowest BCUT2D eigenvalue weighted by Gasteiger charge is -2.09. The molecule has 8 heteroatoms. The van der Waals surface area contributed by atoms with Crippen LogP contribution in [0.5, 0.6) is 0 Å². The Kier molecular flexibility index (Phi) is 6.32. The van der Waals surface area contributed by atoms with Crippen molar-refractivity contribution in [2.75, 3.05) is 26.8 Å². The number of methoxy groups -OCH3 is 1. The molecule has 0 aliphatic heterocycles. The van der Waals surface area contributed by atoms with Crippen molar-refractivity contribution in [3.8, 4) is 0 Å². The summed E-state index contributed by atoms with van der Waals surface area (Å²) in [4.78, 5) is 35.4. The van der Waals surface area contributed by atoms with Crippen LogP contribution >= 0.6 is 0 Å². The molecule has 0 aromatic carbocycles. The molecule has 0 aliphatic rings. The molecule has 2 heterocycles. The summed E-state index contributed by atoms with van der Waals surface area (Å²) < 4.78 is 11.3. The zero-order valence-electron chi connectivity index (χ0n) is 13.3. The van der Waals surface area contributed by atoms with Crippen molar-refractivity contribution in [1.29, 1.82) is 0 Å². The van der Waals surface area contributed by atoms with Crippen LogP contribution in [0, 0.1) is 0 Å². The third-order valence-electron chi connectivity index (χ3n) is 3.22. The Balaban J connectivity index is 1.82. The molecule has 2 aromatic rings. The van der Waals surface area contributed by atoms with Gasteiger partial charge in [0, 0.05) is 39.0 Å². The number of pyridine rings is 1. The molecule has 2 aromatic heterocycles. The molecule has 8 nitrogen and oxygen atoms in total. The number of ether oxygens (including phenoxy) is 1. The average Bonchev–Trinajstić information content (AvgIpc) is 3.12. The van der Waals surface area contributed by atoms with E-state index in [1.54, 1.807) is 19.2 Å². The Hall–Kier alpha value is -2.87. The lowest BCUT2D eigenvalue weighted by Crippen LogP contribution is -2.35. The standard InChI is InChI=1S/C16H19N3O5/c1-23-10-8-19-11-12(4-5-14(19)20)15(21)17-6-7-18-16(22)13-3-2-9-24-13/h2-5,9,11H,6-8,10H2,1H3,(H,17,21)(H,18,22). The molecule has 0 radical (unpaired) electrons. The monoisotopic (exact) mass is 333 g/mol. The van der Waals surface area contributed by atoms with Crippen LogP contribution in [-0.4, -0.2) is 43.2 Å². The van der Waals surface area contributed by atoms with E-state index in [2.05, 4.69) is 10.6 Å². The molecule has 0 atom stereocenters. The van der Waals surface area contributed by atoms with Gasteiger partial charge in [0.1, 0.15) is 0 Å². The van der Waals surface area contributed by atoms with E-state index in [1.165, 1.54) is 29.2 Å². The molecule has 0 saturated heterocycles. The van der Waals surface area contributed by atoms with Crippen LogP contribution < -0.4 is 16.2 Å². The molecule has 2 N–H and O–H groups in total. The van der Waals surface area contributed by atoms with Gasteiger partial charge in [0.25, 0.3) is 17.4 Å². The summed E-state index contributed by atoms with van der Waals surface area (Å²) in [5.41, 5.74) is 0.164. The number of furan rings is 1. The molecule has 24 heavy (non-hydrogen) atoms. The summed E-state index contributed by atoms with van der Waals surface area (Å²) in [5.74, 6) is -0.456. The Bertz CT molecular complexity index is 736. The Labute approximate surface area is 138 Å². The molecule has 0 spiro atoms. The van der Waals surface area contributed by atoms with Gasteiger partial charge >= 0.3 is 0 Å². The summed E-state index contributed by atoms with van der Waals surface area (Å²) >= 11 is 0. The second-order valence-corrected chi connectivity index (χ2v) is 4.93. The largest absolute Gasteiger partial charge is 0.459 e. The number of nitrogens with zero attached hydrogens (tertiary/aromatic N) is 1. The van der Waals surface area contributed by atoms with E-state index in [0.29, 0.717) is 18.7 Å². The number of aromatic nitrogens is 1. The number of rotatable bonds is 8. The van der Waals surface area contributed by atoms with E-state index >= 15 is 0 Å². The van der Waals surface area contributed by atoms with Gasteiger partial charge in [-0.3, -0.25) is 14.4 Å². The van der Waals surface area contributed by atoms with E-state index in [9.17, 15) is 14.4 Å². The summed E-state index contributed by atoms with van der Waals surface area (Å²) in [7, 11) is 1.54. The van der Waals surface area contributed by atoms with E-state index in [-0.39, 0.29) is 36.2 Å². The zero-order valence-corrected chi connectivity index (χ0v) is 13.3. The maximum Gasteiger partial charge on any atom is 0.287 e. The van der Waals surface area contributed by atoms with Crippen molar-refractivity contribution in [2.45, 2.75) is 6.54 Å². The summed E-state index contributed by atoms with van der Waals surface area (Å²) in [5, 5.41) is 5.29. The van der Waals surface area contributed by atoms with Crippen LogP contribution in [0.4, 0.5) is 0 Å². The minimum Gasteiger partial charge on any atom is -0.459 e. The van der Waals surface area contributed by atoms with E-state index < -0.39 is 0 Å². The molecule has 128 valence electrons. The van der Waals surface area contributed by atoms with E-state index in [0.717, 1.165) is 0 Å². The van der Waals surface area contributed by atoms with Crippen LogP contribution in [0.25, 0.3) is 0 Å². The number of hydrogen-bond acceptors (Lipinski definition) is 5. The minimum absolute atomic E-state index is 0.200. The third kappa shape index (κ3) is 4.82. The predicted octanol–water partition coefficient (Wildman–Crippen LogP) is 0.248. The predicted molar refractivity (Wildman–Crippen MR) is 86.0 cm³/mol. The maximum absolute atomic E-state index is 12.1. The third-order valence-corrected chi connectivity index (χ3v) is 3.22. The van der Waals surface area contributed by atoms with Crippen molar-refractivity contribution in [3.63, 3.8) is 0 Å². The molecule has 0 unspecified atom stereocenters. The summed E-state index contributed by atoms with van der Waals surface area (Å²) in [6.07, 6.45) is 2.90. The van der Waals surface area contributed by atoms with Crippen LogP contribution in [0.15, 0.2) is 45.9 Å². The second-order valence-electron chi connectivity index (χ2n) is 4.93. The number of nitrogens with one attached hydrogen (secondary N) is 2. The summed E-state index contributed by atoms with van der Waals surface area (Å²) in [6, 6.07) is 5.97. The molecular weight excluding hydrogens is 314 g/mol. The van der Waals surface area contributed by atoms with E-state index in [1.807, 2.05) is 0 Å². The first kappa shape index (κ1) is 17.5. The quantitative estimate of drug-likeness (QED) is 0.674. The van der Waals surface area contributed by atoms with Gasteiger partial charge in [-0.05, 0) is 18.2 Å². The molecule has 0 saturated carbocycles. The number of carbonyl (C=O) groups is 2. The van der Waals surface area contributed by atoms with Crippen LogP contribution in [-0.2, 0) is 11.3 Å². The highest BCUT2D eigenvalue weighted by Crippen LogP contribution is 1.99. The van der Waals surface area contributed by atoms with Gasteiger partial charge in [0.05, 0.1) is 18.4 Å². The van der Waals surface area contributed by atoms with Crippen molar-refractivity contribution < 1.29 is 18.7 Å². The number of amides is 2. The fourth-order valence-corrected chi connectivity index (χ4v) is 1.98. The highest BCUT2D eigenvalue weighted by Gasteiger charge is 2.09. The Morgan fingerprint density at radius 3 is 2.58 bits per heavy atom. The number of carbonyl (C=O) groups excluding carboxylic acids is 2. The zero-order chi connectivity index (χ0) is 17.4. The van der Waals surface area contributed by atoms with Crippen molar-refractivity contribution in [3.05, 3.63) is 58.4 Å². The first-order valence-electron chi connectivity index (χ1n) is 7.41. The van der Waals surface area contributed by atoms with E-state index in [4.69, 9.17) is 9.15 Å². The topological polar surface area (TPSA) is 103 Å². The van der Waals surface area contributed by atoms with Crippen molar-refractivity contribution >= 4 is 11.8 Å². The highest BCUT2D eigenvalue weighted by atomic mass is 16.5. The van der Waals surface area contributed by atoms with Gasteiger partial charge in [-0.2, -0.15) is 0 Å². The first-order chi connectivity index (χ1) is 11.6. The molecule has 0 fully saturated rings. The number of hydrogen-bond donors (Lipinski definition) is 2. The second kappa shape index (κ2) is 8.68. The SMILES string of the molecule is COCCn1cc(C(=O)NCCNC(=O)c2ccco2)ccc1=O. The maximum atomic E-state index is 12.1. The smallest absolute Gasteiger partial charge is 0.287 e. The van der Waals surface area contributed by atoms with Crippen LogP contribution in [0.1, 0.15) is 20.9 Å². The van der Waals surface area contributed by atoms with Gasteiger partial charge in [-0.25, -0.2) is 0 Å². The molecular formula is C16H19N3O5. The normalized spacial score (nSPS) is 10.4. The fourth-order valence-electron chi connectivity index (χ4n) is 1.98. The molecule has 2 rings (SSSR count). The van der Waals surface area contributed by atoms with Gasteiger partial charge in [0.2, 0.25) is 0 Å². The average molecular weight is 333 g/mol. The summed E-state index contributed by atoms with van der Waals surface area (Å²) in [6.45, 7) is 1.26. The fraction of sp³-hybridized carbons (Fsp3) is 0.312. The Morgan fingerprint density at radius 1 is 1.17 bits per heavy atom. The van der Waals surface area contributed by atoms with Gasteiger partial charge in [-0.15, -0.1) is 0 Å². The van der Waals surface area contributed by atoms with Gasteiger partial charge < -0.3 is 24.4 Å². The van der Waals surface area contributed by atoms with Crippen molar-refractivity contribution in [1.82, 2.24) is 15.2 Å². The lowest BCUT2D eigenvalue weighted by molar-refractivity contribution is 0.0910. The molecule has 0 aliphatic carbocycles. The lowest BCUT2D eigenvalue weighted by atomic mass is 10.2. The van der Waals surface area contributed by atoms with Gasteiger partial charge in [0.15, 0.2) is 5.76 Å². The molecule has 2 amide bonds. The minimum atomic E-state index is -0.345.